The first-order valence-corrected chi connectivity index (χ1v) is 7.87. The van der Waals surface area contributed by atoms with E-state index < -0.39 is 0 Å². The maximum Gasteiger partial charge on any atom is 0.0641 e. The molecule has 106 valence electrons. The Morgan fingerprint density at radius 3 is 2.95 bits per heavy atom. The van der Waals surface area contributed by atoms with Crippen LogP contribution in [0.4, 0.5) is 5.69 Å². The minimum Gasteiger partial charge on any atom is -0.380 e. The van der Waals surface area contributed by atoms with Gasteiger partial charge in [-0.2, -0.15) is 0 Å². The van der Waals surface area contributed by atoms with Crippen LogP contribution in [-0.4, -0.2) is 32.8 Å². The summed E-state index contributed by atoms with van der Waals surface area (Å²) < 4.78 is 6.69. The molecule has 4 heteroatoms. The first-order valence-electron chi connectivity index (χ1n) is 7.08. The predicted octanol–water partition coefficient (Wildman–Crippen LogP) is 3.35. The van der Waals surface area contributed by atoms with E-state index in [2.05, 4.69) is 58.2 Å². The number of anilines is 1. The maximum atomic E-state index is 5.51. The molecule has 0 aliphatic carbocycles. The summed E-state index contributed by atoms with van der Waals surface area (Å²) in [6.07, 6.45) is 1.10. The van der Waals surface area contributed by atoms with E-state index in [4.69, 9.17) is 4.74 Å². The van der Waals surface area contributed by atoms with Gasteiger partial charge in [0.1, 0.15) is 0 Å². The molecule has 1 saturated heterocycles. The zero-order chi connectivity index (χ0) is 13.7. The fourth-order valence-electron chi connectivity index (χ4n) is 2.46. The highest BCUT2D eigenvalue weighted by Gasteiger charge is 2.14. The summed E-state index contributed by atoms with van der Waals surface area (Å²) >= 11 is 3.72. The zero-order valence-corrected chi connectivity index (χ0v) is 13.4. The highest BCUT2D eigenvalue weighted by atomic mass is 79.9. The Labute approximate surface area is 124 Å². The van der Waals surface area contributed by atoms with Gasteiger partial charge in [-0.15, -0.1) is 0 Å². The number of hydrogen-bond acceptors (Lipinski definition) is 3. The normalized spacial score (nSPS) is 18.2. The van der Waals surface area contributed by atoms with E-state index in [1.807, 2.05) is 0 Å². The molecule has 0 aromatic heterocycles. The van der Waals surface area contributed by atoms with Gasteiger partial charge in [-0.05, 0) is 53.5 Å². The standard InChI is InChI=1S/C15H23BrN2O/c1-3-17-12(2)13-5-6-15(14(16)11-13)18-7-4-9-19-10-8-18/h5-6,11-12,17H,3-4,7-10H2,1-2H3. The minimum absolute atomic E-state index is 0.391. The SMILES string of the molecule is CCNC(C)c1ccc(N2CCCOCC2)c(Br)c1. The van der Waals surface area contributed by atoms with Crippen molar-refractivity contribution in [3.05, 3.63) is 28.2 Å². The number of halogens is 1. The Balaban J connectivity index is 2.13. The summed E-state index contributed by atoms with van der Waals surface area (Å²) in [4.78, 5) is 2.40. The second kappa shape index (κ2) is 7.27. The summed E-state index contributed by atoms with van der Waals surface area (Å²) in [6, 6.07) is 7.06. The number of rotatable bonds is 4. The van der Waals surface area contributed by atoms with Crippen LogP contribution in [0.25, 0.3) is 0 Å². The molecular weight excluding hydrogens is 304 g/mol. The van der Waals surface area contributed by atoms with Crippen LogP contribution in [0.3, 0.4) is 0 Å². The van der Waals surface area contributed by atoms with Crippen LogP contribution in [0.15, 0.2) is 22.7 Å². The van der Waals surface area contributed by atoms with Crippen LogP contribution < -0.4 is 10.2 Å². The molecule has 1 N–H and O–H groups in total. The molecule has 0 radical (unpaired) electrons. The van der Waals surface area contributed by atoms with Crippen molar-refractivity contribution in [3.8, 4) is 0 Å². The molecule has 3 nitrogen and oxygen atoms in total. The lowest BCUT2D eigenvalue weighted by Crippen LogP contribution is -2.26. The molecule has 1 unspecified atom stereocenters. The Morgan fingerprint density at radius 1 is 1.37 bits per heavy atom. The monoisotopic (exact) mass is 326 g/mol. The summed E-state index contributed by atoms with van der Waals surface area (Å²) in [5, 5.41) is 3.44. The molecule has 1 atom stereocenters. The summed E-state index contributed by atoms with van der Waals surface area (Å²) in [6.45, 7) is 9.07. The van der Waals surface area contributed by atoms with Crippen LogP contribution >= 0.6 is 15.9 Å². The van der Waals surface area contributed by atoms with Crippen molar-refractivity contribution < 1.29 is 4.74 Å². The van der Waals surface area contributed by atoms with E-state index in [0.29, 0.717) is 6.04 Å². The molecule has 0 saturated carbocycles. The van der Waals surface area contributed by atoms with Crippen molar-refractivity contribution in [2.24, 2.45) is 0 Å². The highest BCUT2D eigenvalue weighted by Crippen LogP contribution is 2.30. The molecule has 1 fully saturated rings. The first-order chi connectivity index (χ1) is 9.22. The topological polar surface area (TPSA) is 24.5 Å². The number of ether oxygens (including phenoxy) is 1. The quantitative estimate of drug-likeness (QED) is 0.918. The van der Waals surface area contributed by atoms with Gasteiger partial charge in [0.15, 0.2) is 0 Å². The Hall–Kier alpha value is -0.580. The molecule has 1 aliphatic heterocycles. The fraction of sp³-hybridized carbons (Fsp3) is 0.600. The van der Waals surface area contributed by atoms with Gasteiger partial charge in [-0.3, -0.25) is 0 Å². The molecule has 1 aromatic carbocycles. The van der Waals surface area contributed by atoms with Crippen molar-refractivity contribution in [1.29, 1.82) is 0 Å². The molecule has 2 rings (SSSR count). The summed E-state index contributed by atoms with van der Waals surface area (Å²) in [7, 11) is 0. The lowest BCUT2D eigenvalue weighted by Gasteiger charge is -2.24. The lowest BCUT2D eigenvalue weighted by atomic mass is 10.1. The smallest absolute Gasteiger partial charge is 0.0641 e. The third-order valence-electron chi connectivity index (χ3n) is 3.54. The molecular formula is C15H23BrN2O. The van der Waals surface area contributed by atoms with E-state index in [9.17, 15) is 0 Å². The van der Waals surface area contributed by atoms with Crippen molar-refractivity contribution >= 4 is 21.6 Å². The Morgan fingerprint density at radius 2 is 2.21 bits per heavy atom. The molecule has 1 heterocycles. The van der Waals surface area contributed by atoms with Crippen LogP contribution in [0, 0.1) is 0 Å². The van der Waals surface area contributed by atoms with Gasteiger partial charge < -0.3 is 15.0 Å². The minimum atomic E-state index is 0.391. The third kappa shape index (κ3) is 3.94. The van der Waals surface area contributed by atoms with Gasteiger partial charge in [0.05, 0.1) is 12.3 Å². The first kappa shape index (κ1) is 14.8. The van der Waals surface area contributed by atoms with Gasteiger partial charge in [-0.1, -0.05) is 13.0 Å². The average Bonchev–Trinajstić information content (AvgIpc) is 2.67. The van der Waals surface area contributed by atoms with Crippen molar-refractivity contribution in [1.82, 2.24) is 5.32 Å². The molecule has 0 bridgehead atoms. The van der Waals surface area contributed by atoms with Gasteiger partial charge >= 0.3 is 0 Å². The largest absolute Gasteiger partial charge is 0.380 e. The second-order valence-corrected chi connectivity index (χ2v) is 5.80. The number of hydrogen-bond donors (Lipinski definition) is 1. The molecule has 0 amide bonds. The number of nitrogens with one attached hydrogen (secondary N) is 1. The van der Waals surface area contributed by atoms with E-state index >= 15 is 0 Å². The van der Waals surface area contributed by atoms with E-state index in [1.54, 1.807) is 0 Å². The van der Waals surface area contributed by atoms with E-state index in [1.165, 1.54) is 15.7 Å². The number of nitrogens with zero attached hydrogens (tertiary/aromatic N) is 1. The second-order valence-electron chi connectivity index (χ2n) is 4.94. The fourth-order valence-corrected chi connectivity index (χ4v) is 3.11. The van der Waals surface area contributed by atoms with E-state index in [-0.39, 0.29) is 0 Å². The van der Waals surface area contributed by atoms with Gasteiger partial charge in [0.2, 0.25) is 0 Å². The Bertz CT molecular complexity index is 403. The van der Waals surface area contributed by atoms with E-state index in [0.717, 1.165) is 39.3 Å². The number of benzene rings is 1. The van der Waals surface area contributed by atoms with Crippen LogP contribution in [-0.2, 0) is 4.74 Å². The van der Waals surface area contributed by atoms with Crippen molar-refractivity contribution in [2.75, 3.05) is 37.7 Å². The Kier molecular flexibility index (Phi) is 5.67. The molecule has 19 heavy (non-hydrogen) atoms. The zero-order valence-electron chi connectivity index (χ0n) is 11.8. The average molecular weight is 327 g/mol. The maximum absolute atomic E-state index is 5.51. The third-order valence-corrected chi connectivity index (χ3v) is 4.18. The lowest BCUT2D eigenvalue weighted by molar-refractivity contribution is 0.152. The van der Waals surface area contributed by atoms with Gasteiger partial charge in [0.25, 0.3) is 0 Å². The molecule has 1 aromatic rings. The van der Waals surface area contributed by atoms with Gasteiger partial charge in [-0.25, -0.2) is 0 Å². The summed E-state index contributed by atoms with van der Waals surface area (Å²) in [5.74, 6) is 0. The highest BCUT2D eigenvalue weighted by molar-refractivity contribution is 9.10. The van der Waals surface area contributed by atoms with Crippen LogP contribution in [0.2, 0.25) is 0 Å². The van der Waals surface area contributed by atoms with Gasteiger partial charge in [0, 0.05) is 30.2 Å². The van der Waals surface area contributed by atoms with Crippen molar-refractivity contribution in [2.45, 2.75) is 26.3 Å². The van der Waals surface area contributed by atoms with Crippen molar-refractivity contribution in [3.63, 3.8) is 0 Å². The predicted molar refractivity (Wildman–Crippen MR) is 83.9 cm³/mol. The van der Waals surface area contributed by atoms with Crippen LogP contribution in [0.5, 0.6) is 0 Å². The molecule has 1 aliphatic rings. The summed E-state index contributed by atoms with van der Waals surface area (Å²) in [5.41, 5.74) is 2.60. The molecule has 0 spiro atoms. The van der Waals surface area contributed by atoms with Crippen LogP contribution in [0.1, 0.15) is 31.9 Å².